The fourth-order valence-corrected chi connectivity index (χ4v) is 2.55. The maximum absolute atomic E-state index is 12.3. The molecule has 0 atom stereocenters. The molecule has 24 heavy (non-hydrogen) atoms. The predicted octanol–water partition coefficient (Wildman–Crippen LogP) is 4.79. The van der Waals surface area contributed by atoms with Gasteiger partial charge in [0.2, 0.25) is 0 Å². The van der Waals surface area contributed by atoms with Gasteiger partial charge in [0, 0.05) is 5.69 Å². The van der Waals surface area contributed by atoms with Crippen molar-refractivity contribution in [2.45, 2.75) is 20.8 Å². The highest BCUT2D eigenvalue weighted by atomic mass is 16.5. The first-order chi connectivity index (χ1) is 11.6. The summed E-state index contributed by atoms with van der Waals surface area (Å²) in [5, 5.41) is 3.35. The van der Waals surface area contributed by atoms with Crippen LogP contribution in [0.4, 0.5) is 11.4 Å². The van der Waals surface area contributed by atoms with Crippen LogP contribution in [0.5, 0.6) is 5.75 Å². The molecular formula is C20H23NO3. The number of anilines is 2. The van der Waals surface area contributed by atoms with Crippen LogP contribution in [0.15, 0.2) is 49.1 Å². The number of aryl methyl sites for hydroxylation is 1. The molecule has 0 bridgehead atoms. The molecule has 0 heterocycles. The number of esters is 1. The number of ether oxygens (including phenoxy) is 2. The van der Waals surface area contributed by atoms with Crippen molar-refractivity contribution >= 4 is 17.3 Å². The van der Waals surface area contributed by atoms with Gasteiger partial charge in [-0.05, 0) is 50.1 Å². The molecular weight excluding hydrogens is 302 g/mol. The van der Waals surface area contributed by atoms with E-state index in [1.54, 1.807) is 13.0 Å². The molecule has 2 aromatic rings. The first kappa shape index (κ1) is 17.6. The van der Waals surface area contributed by atoms with Crippen LogP contribution in [-0.2, 0) is 4.74 Å². The van der Waals surface area contributed by atoms with Gasteiger partial charge in [-0.3, -0.25) is 0 Å². The quantitative estimate of drug-likeness (QED) is 0.587. The molecule has 2 aromatic carbocycles. The lowest BCUT2D eigenvalue weighted by atomic mass is 9.99. The van der Waals surface area contributed by atoms with E-state index in [9.17, 15) is 4.79 Å². The number of para-hydroxylation sites is 1. The van der Waals surface area contributed by atoms with Crippen molar-refractivity contribution in [1.82, 2.24) is 0 Å². The molecule has 1 N–H and O–H groups in total. The number of nitrogens with one attached hydrogen (secondary N) is 1. The molecule has 4 nitrogen and oxygen atoms in total. The van der Waals surface area contributed by atoms with E-state index < -0.39 is 0 Å². The minimum Gasteiger partial charge on any atom is -0.487 e. The van der Waals surface area contributed by atoms with Gasteiger partial charge in [-0.15, -0.1) is 0 Å². The summed E-state index contributed by atoms with van der Waals surface area (Å²) in [4.78, 5) is 12.3. The van der Waals surface area contributed by atoms with Crippen LogP contribution < -0.4 is 10.1 Å². The third-order valence-electron chi connectivity index (χ3n) is 3.62. The Kier molecular flexibility index (Phi) is 6.01. The number of carbonyl (C=O) groups excluding carboxylic acids is 1. The second kappa shape index (κ2) is 8.20. The van der Waals surface area contributed by atoms with Gasteiger partial charge >= 0.3 is 5.97 Å². The van der Waals surface area contributed by atoms with Crippen molar-refractivity contribution in [2.75, 3.05) is 18.5 Å². The molecule has 126 valence electrons. The fraction of sp³-hybridized carbons (Fsp3) is 0.250. The average Bonchev–Trinajstić information content (AvgIpc) is 2.57. The van der Waals surface area contributed by atoms with Gasteiger partial charge in [-0.2, -0.15) is 0 Å². The molecule has 0 amide bonds. The summed E-state index contributed by atoms with van der Waals surface area (Å²) >= 11 is 0. The first-order valence-corrected chi connectivity index (χ1v) is 7.95. The molecule has 0 fully saturated rings. The Hall–Kier alpha value is -2.75. The second-order valence-corrected chi connectivity index (χ2v) is 5.38. The van der Waals surface area contributed by atoms with Crippen LogP contribution in [0.25, 0.3) is 0 Å². The summed E-state index contributed by atoms with van der Waals surface area (Å²) in [6.07, 6.45) is 1.69. The summed E-state index contributed by atoms with van der Waals surface area (Å²) in [6.45, 7) is 9.99. The highest BCUT2D eigenvalue weighted by Gasteiger charge is 2.20. The van der Waals surface area contributed by atoms with E-state index in [0.29, 0.717) is 24.5 Å². The second-order valence-electron chi connectivity index (χ2n) is 5.38. The summed E-state index contributed by atoms with van der Waals surface area (Å²) in [5.41, 5.74) is 3.88. The van der Waals surface area contributed by atoms with E-state index in [2.05, 4.69) is 11.9 Å². The minimum atomic E-state index is -0.320. The number of hydrogen-bond acceptors (Lipinski definition) is 4. The molecule has 0 saturated heterocycles. The predicted molar refractivity (Wildman–Crippen MR) is 97.3 cm³/mol. The Labute approximate surface area is 143 Å². The van der Waals surface area contributed by atoms with E-state index in [0.717, 1.165) is 22.5 Å². The molecule has 0 aromatic heterocycles. The van der Waals surface area contributed by atoms with Crippen LogP contribution in [0.3, 0.4) is 0 Å². The van der Waals surface area contributed by atoms with Crippen LogP contribution in [0.2, 0.25) is 0 Å². The Bertz CT molecular complexity index is 723. The van der Waals surface area contributed by atoms with Crippen molar-refractivity contribution in [1.29, 1.82) is 0 Å². The van der Waals surface area contributed by atoms with Gasteiger partial charge in [-0.1, -0.05) is 30.9 Å². The first-order valence-electron chi connectivity index (χ1n) is 7.95. The SMILES string of the molecule is C=CCOc1cc(C)c(C(=O)OCC)c(C)c1Nc1ccccc1. The van der Waals surface area contributed by atoms with Gasteiger partial charge in [0.05, 0.1) is 17.9 Å². The van der Waals surface area contributed by atoms with E-state index in [1.807, 2.05) is 50.2 Å². The van der Waals surface area contributed by atoms with Gasteiger partial charge in [-0.25, -0.2) is 4.79 Å². The zero-order chi connectivity index (χ0) is 17.5. The third kappa shape index (κ3) is 3.96. The molecule has 0 unspecified atom stereocenters. The van der Waals surface area contributed by atoms with Crippen molar-refractivity contribution in [3.8, 4) is 5.75 Å². The molecule has 0 spiro atoms. The van der Waals surface area contributed by atoms with Crippen molar-refractivity contribution in [3.05, 3.63) is 65.7 Å². The highest BCUT2D eigenvalue weighted by Crippen LogP contribution is 2.36. The molecule has 0 radical (unpaired) electrons. The summed E-state index contributed by atoms with van der Waals surface area (Å²) in [5.74, 6) is 0.362. The highest BCUT2D eigenvalue weighted by molar-refractivity contribution is 5.96. The standard InChI is InChI=1S/C20H23NO3/c1-5-12-24-17-13-14(3)18(20(22)23-6-2)15(4)19(17)21-16-10-8-7-9-11-16/h5,7-11,13,21H,1,6,12H2,2-4H3. The zero-order valence-corrected chi connectivity index (χ0v) is 14.4. The zero-order valence-electron chi connectivity index (χ0n) is 14.4. The van der Waals surface area contributed by atoms with E-state index in [1.165, 1.54) is 0 Å². The lowest BCUT2D eigenvalue weighted by molar-refractivity contribution is 0.0524. The number of carbonyl (C=O) groups is 1. The van der Waals surface area contributed by atoms with Gasteiger partial charge in [0.15, 0.2) is 0 Å². The van der Waals surface area contributed by atoms with Gasteiger partial charge in [0.1, 0.15) is 12.4 Å². The Morgan fingerprint density at radius 2 is 1.96 bits per heavy atom. The topological polar surface area (TPSA) is 47.6 Å². The Morgan fingerprint density at radius 1 is 1.25 bits per heavy atom. The summed E-state index contributed by atoms with van der Waals surface area (Å²) in [6, 6.07) is 11.6. The summed E-state index contributed by atoms with van der Waals surface area (Å²) in [7, 11) is 0. The molecule has 0 aliphatic carbocycles. The van der Waals surface area contributed by atoms with Gasteiger partial charge < -0.3 is 14.8 Å². The van der Waals surface area contributed by atoms with Gasteiger partial charge in [0.25, 0.3) is 0 Å². The molecule has 2 rings (SSSR count). The molecule has 0 aliphatic rings. The van der Waals surface area contributed by atoms with Crippen molar-refractivity contribution in [2.24, 2.45) is 0 Å². The van der Waals surface area contributed by atoms with Crippen LogP contribution >= 0.6 is 0 Å². The van der Waals surface area contributed by atoms with E-state index in [4.69, 9.17) is 9.47 Å². The smallest absolute Gasteiger partial charge is 0.338 e. The average molecular weight is 325 g/mol. The summed E-state index contributed by atoms with van der Waals surface area (Å²) < 4.78 is 11.0. The minimum absolute atomic E-state index is 0.320. The van der Waals surface area contributed by atoms with E-state index >= 15 is 0 Å². The number of hydrogen-bond donors (Lipinski definition) is 1. The Morgan fingerprint density at radius 3 is 2.58 bits per heavy atom. The van der Waals surface area contributed by atoms with Crippen LogP contribution in [0.1, 0.15) is 28.4 Å². The lowest BCUT2D eigenvalue weighted by Crippen LogP contribution is -2.12. The third-order valence-corrected chi connectivity index (χ3v) is 3.62. The number of benzene rings is 2. The van der Waals surface area contributed by atoms with Crippen LogP contribution in [-0.4, -0.2) is 19.2 Å². The normalized spacial score (nSPS) is 10.1. The number of rotatable bonds is 7. The van der Waals surface area contributed by atoms with Crippen LogP contribution in [0, 0.1) is 13.8 Å². The lowest BCUT2D eigenvalue weighted by Gasteiger charge is -2.19. The molecule has 4 heteroatoms. The maximum atomic E-state index is 12.3. The van der Waals surface area contributed by atoms with Crippen molar-refractivity contribution in [3.63, 3.8) is 0 Å². The Balaban J connectivity index is 2.52. The molecule has 0 saturated carbocycles. The largest absolute Gasteiger partial charge is 0.487 e. The fourth-order valence-electron chi connectivity index (χ4n) is 2.55. The monoisotopic (exact) mass is 325 g/mol. The molecule has 0 aliphatic heterocycles. The van der Waals surface area contributed by atoms with E-state index in [-0.39, 0.29) is 5.97 Å². The van der Waals surface area contributed by atoms with Crippen molar-refractivity contribution < 1.29 is 14.3 Å². The maximum Gasteiger partial charge on any atom is 0.338 e.